The minimum atomic E-state index is -5.58. The van der Waals surface area contributed by atoms with Crippen molar-refractivity contribution in [3.63, 3.8) is 0 Å². The molecule has 0 radical (unpaired) electrons. The Morgan fingerprint density at radius 2 is 2.00 bits per heavy atom. The first-order valence-electron chi connectivity index (χ1n) is 3.55. The number of thiophene rings is 1. The number of hydrogen-bond donors (Lipinski definition) is 2. The number of carbonyl (C=O) groups is 1. The first-order chi connectivity index (χ1) is 7.15. The summed E-state index contributed by atoms with van der Waals surface area (Å²) in [6.07, 6.45) is 0. The number of alkyl halides is 3. The quantitative estimate of drug-likeness (QED) is 0.879. The fraction of sp³-hybridized carbons (Fsp3) is 0.167. The predicted octanol–water partition coefficient (Wildman–Crippen LogP) is 1.71. The average molecular weight is 275 g/mol. The molecular formula is C6H4F3NO4S2. The highest BCUT2D eigenvalue weighted by Crippen LogP contribution is 2.29. The molecule has 0 fully saturated rings. The summed E-state index contributed by atoms with van der Waals surface area (Å²) in [7, 11) is -5.58. The number of carboxylic acids is 1. The molecule has 0 saturated heterocycles. The van der Waals surface area contributed by atoms with Crippen molar-refractivity contribution in [1.29, 1.82) is 0 Å². The summed E-state index contributed by atoms with van der Waals surface area (Å²) in [5.74, 6) is -1.50. The zero-order chi connectivity index (χ0) is 12.6. The number of carboxylic acid groups (broad SMARTS) is 1. The number of rotatable bonds is 3. The van der Waals surface area contributed by atoms with Crippen LogP contribution in [0.5, 0.6) is 0 Å². The third-order valence-electron chi connectivity index (χ3n) is 1.41. The lowest BCUT2D eigenvalue weighted by atomic mass is 10.4. The van der Waals surface area contributed by atoms with Gasteiger partial charge in [-0.2, -0.15) is 21.6 Å². The predicted molar refractivity (Wildman–Crippen MR) is 49.9 cm³/mol. The van der Waals surface area contributed by atoms with Crippen LogP contribution in [0.15, 0.2) is 11.4 Å². The molecule has 1 aromatic heterocycles. The number of halogens is 3. The minimum absolute atomic E-state index is 0.507. The molecule has 1 rings (SSSR count). The fourth-order valence-electron chi connectivity index (χ4n) is 0.758. The van der Waals surface area contributed by atoms with Crippen LogP contribution in [0, 0.1) is 0 Å². The van der Waals surface area contributed by atoms with Gasteiger partial charge in [-0.15, -0.1) is 11.3 Å². The molecule has 10 heteroatoms. The highest BCUT2D eigenvalue weighted by Gasteiger charge is 2.46. The lowest BCUT2D eigenvalue weighted by molar-refractivity contribution is -0.0429. The molecule has 0 aliphatic rings. The molecule has 0 unspecified atom stereocenters. The van der Waals surface area contributed by atoms with Crippen molar-refractivity contribution in [2.24, 2.45) is 0 Å². The summed E-state index contributed by atoms with van der Waals surface area (Å²) < 4.78 is 58.4. The lowest BCUT2D eigenvalue weighted by Gasteiger charge is -2.09. The van der Waals surface area contributed by atoms with E-state index in [1.807, 2.05) is 0 Å². The van der Waals surface area contributed by atoms with Gasteiger partial charge < -0.3 is 5.11 Å². The molecule has 0 aromatic carbocycles. The zero-order valence-corrected chi connectivity index (χ0v) is 8.91. The number of anilines is 1. The Hall–Kier alpha value is -1.29. The van der Waals surface area contributed by atoms with E-state index in [-0.39, 0.29) is 0 Å². The second kappa shape index (κ2) is 3.94. The van der Waals surface area contributed by atoms with Gasteiger partial charge in [0.15, 0.2) is 0 Å². The van der Waals surface area contributed by atoms with Crippen LogP contribution in [0.4, 0.5) is 18.9 Å². The van der Waals surface area contributed by atoms with Crippen LogP contribution in [-0.4, -0.2) is 25.0 Å². The maximum Gasteiger partial charge on any atom is 0.516 e. The molecule has 0 atom stereocenters. The van der Waals surface area contributed by atoms with E-state index in [0.717, 1.165) is 16.2 Å². The van der Waals surface area contributed by atoms with Crippen molar-refractivity contribution in [3.05, 3.63) is 16.3 Å². The highest BCUT2D eigenvalue weighted by atomic mass is 32.2. The smallest absolute Gasteiger partial charge is 0.477 e. The molecule has 5 nitrogen and oxygen atoms in total. The topological polar surface area (TPSA) is 83.5 Å². The lowest BCUT2D eigenvalue weighted by Crippen LogP contribution is -2.30. The van der Waals surface area contributed by atoms with E-state index >= 15 is 0 Å². The van der Waals surface area contributed by atoms with E-state index in [0.29, 0.717) is 11.3 Å². The summed E-state index contributed by atoms with van der Waals surface area (Å²) in [5.41, 5.74) is -6.08. The molecule has 0 bridgehead atoms. The number of nitrogens with one attached hydrogen (secondary N) is 1. The maximum absolute atomic E-state index is 12.0. The zero-order valence-electron chi connectivity index (χ0n) is 7.28. The van der Waals surface area contributed by atoms with Crippen molar-refractivity contribution in [2.75, 3.05) is 4.72 Å². The average Bonchev–Trinajstić information content (AvgIpc) is 2.49. The van der Waals surface area contributed by atoms with Gasteiger partial charge in [-0.3, -0.25) is 4.72 Å². The molecule has 0 aliphatic heterocycles. The van der Waals surface area contributed by atoms with Crippen LogP contribution in [0.25, 0.3) is 0 Å². The fourth-order valence-corrected chi connectivity index (χ4v) is 2.08. The summed E-state index contributed by atoms with van der Waals surface area (Å²) in [6, 6.07) is 0.942. The van der Waals surface area contributed by atoms with Crippen molar-refractivity contribution >= 4 is 33.0 Å². The van der Waals surface area contributed by atoms with Crippen LogP contribution in [-0.2, 0) is 10.0 Å². The van der Waals surface area contributed by atoms with Gasteiger partial charge in [-0.05, 0) is 11.4 Å². The molecule has 90 valence electrons. The molecular weight excluding hydrogens is 271 g/mol. The molecule has 0 saturated carbocycles. The van der Waals surface area contributed by atoms with Crippen LogP contribution in [0.3, 0.4) is 0 Å². The van der Waals surface area contributed by atoms with Crippen LogP contribution in [0.1, 0.15) is 9.67 Å². The van der Waals surface area contributed by atoms with Crippen molar-refractivity contribution in [2.45, 2.75) is 5.51 Å². The molecule has 0 aliphatic carbocycles. The van der Waals surface area contributed by atoms with Gasteiger partial charge in [0.2, 0.25) is 0 Å². The summed E-state index contributed by atoms with van der Waals surface area (Å²) >= 11 is 0.615. The highest BCUT2D eigenvalue weighted by molar-refractivity contribution is 7.93. The monoisotopic (exact) mass is 275 g/mol. The molecule has 2 N–H and O–H groups in total. The third-order valence-corrected chi connectivity index (χ3v) is 3.41. The van der Waals surface area contributed by atoms with Crippen LogP contribution in [0.2, 0.25) is 0 Å². The molecule has 1 aromatic rings. The first-order valence-corrected chi connectivity index (χ1v) is 5.91. The van der Waals surface area contributed by atoms with Gasteiger partial charge in [-0.1, -0.05) is 0 Å². The van der Waals surface area contributed by atoms with Gasteiger partial charge >= 0.3 is 21.5 Å². The number of hydrogen-bond acceptors (Lipinski definition) is 4. The van der Waals surface area contributed by atoms with Crippen molar-refractivity contribution in [1.82, 2.24) is 0 Å². The largest absolute Gasteiger partial charge is 0.516 e. The second-order valence-corrected chi connectivity index (χ2v) is 5.11. The third kappa shape index (κ3) is 2.44. The summed E-state index contributed by atoms with van der Waals surface area (Å²) in [4.78, 5) is 10.0. The summed E-state index contributed by atoms with van der Waals surface area (Å²) in [6.45, 7) is 0. The standard InChI is InChI=1S/C6H4F3NO4S2/c7-6(8,9)16(13,14)10-3-1-2-15-4(3)5(11)12/h1-2,10H,(H,11,12). The SMILES string of the molecule is O=C(O)c1sccc1NS(=O)(=O)C(F)(F)F. The Labute approximate surface area is 91.6 Å². The van der Waals surface area contributed by atoms with Crippen LogP contribution >= 0.6 is 11.3 Å². The Bertz CT molecular complexity index is 504. The van der Waals surface area contributed by atoms with Crippen molar-refractivity contribution < 1.29 is 31.5 Å². The van der Waals surface area contributed by atoms with E-state index in [1.54, 1.807) is 0 Å². The van der Waals surface area contributed by atoms with E-state index < -0.39 is 32.1 Å². The molecule has 0 amide bonds. The Morgan fingerprint density at radius 3 is 2.44 bits per heavy atom. The Kier molecular flexibility index (Phi) is 3.15. The van der Waals surface area contributed by atoms with E-state index in [1.165, 1.54) is 0 Å². The maximum atomic E-state index is 12.0. The molecule has 1 heterocycles. The van der Waals surface area contributed by atoms with E-state index in [4.69, 9.17) is 5.11 Å². The minimum Gasteiger partial charge on any atom is -0.477 e. The summed E-state index contributed by atoms with van der Waals surface area (Å²) in [5, 5.41) is 9.71. The van der Waals surface area contributed by atoms with Gasteiger partial charge in [0.1, 0.15) is 4.88 Å². The normalized spacial score (nSPS) is 12.4. The van der Waals surface area contributed by atoms with E-state index in [9.17, 15) is 26.4 Å². The van der Waals surface area contributed by atoms with Crippen LogP contribution < -0.4 is 4.72 Å². The molecule has 16 heavy (non-hydrogen) atoms. The van der Waals surface area contributed by atoms with Gasteiger partial charge in [0, 0.05) is 0 Å². The Morgan fingerprint density at radius 1 is 1.44 bits per heavy atom. The van der Waals surface area contributed by atoms with Crippen molar-refractivity contribution in [3.8, 4) is 0 Å². The Balaban J connectivity index is 3.07. The second-order valence-electron chi connectivity index (χ2n) is 2.52. The van der Waals surface area contributed by atoms with Gasteiger partial charge in [0.05, 0.1) is 5.69 Å². The van der Waals surface area contributed by atoms with Gasteiger partial charge in [0.25, 0.3) is 0 Å². The number of sulfonamides is 1. The van der Waals surface area contributed by atoms with Gasteiger partial charge in [-0.25, -0.2) is 4.79 Å². The molecule has 0 spiro atoms. The number of aromatic carboxylic acids is 1. The first kappa shape index (κ1) is 12.8. The van der Waals surface area contributed by atoms with E-state index in [2.05, 4.69) is 0 Å².